The molecule has 0 aromatic heterocycles. The van der Waals surface area contributed by atoms with Crippen molar-refractivity contribution < 1.29 is 87.8 Å². The summed E-state index contributed by atoms with van der Waals surface area (Å²) in [5.74, 6) is -71.4. The van der Waals surface area contributed by atoms with Crippen LogP contribution in [0.15, 0.2) is 115 Å². The topological polar surface area (TPSA) is 0 Å². The lowest BCUT2D eigenvalue weighted by molar-refractivity contribution is 0.378. The van der Waals surface area contributed by atoms with Crippen molar-refractivity contribution in [2.24, 2.45) is 0 Å². The molecule has 0 aliphatic carbocycles. The molecule has 0 N–H and O–H groups in total. The van der Waals surface area contributed by atoms with Crippen LogP contribution in [0.25, 0.3) is 0 Å². The molecular weight excluding hydrogens is 1080 g/mol. The molecule has 0 aliphatic heterocycles. The Kier molecular flexibility index (Phi) is 15.9. The summed E-state index contributed by atoms with van der Waals surface area (Å²) < 4.78 is 294. The molecule has 75 heavy (non-hydrogen) atoms. The van der Waals surface area contributed by atoms with Gasteiger partial charge < -0.3 is 0 Å². The van der Waals surface area contributed by atoms with Crippen LogP contribution in [0.2, 0.25) is 0 Å². The van der Waals surface area contributed by atoms with E-state index in [2.05, 4.69) is 119 Å². The second-order valence-electron chi connectivity index (χ2n) is 16.5. The molecule has 0 amide bonds. The fourth-order valence-corrected chi connectivity index (χ4v) is 11.7. The SMILES string of the molecule is Cc1ccc(C)c([S+](c2ccc(Sc3ccccc3)cc2)c2cc(C)ccc2C)c1.Fc1c(F)c(F)c([B-](c2c(F)c(F)c(F)c(F)c2F)(c2c(F)c(F)c(F)c(F)c2F)c2c(F)c(F)c(F)c(F)c2F)c(F)c1F. The number of hydrogen-bond acceptors (Lipinski definition) is 1. The molecule has 0 spiro atoms. The zero-order valence-electron chi connectivity index (χ0n) is 38.1. The highest BCUT2D eigenvalue weighted by molar-refractivity contribution is 7.99. The normalized spacial score (nSPS) is 11.6. The monoisotopic (exact) mass is 1110 g/mol. The van der Waals surface area contributed by atoms with Crippen LogP contribution in [0.3, 0.4) is 0 Å². The van der Waals surface area contributed by atoms with Crippen LogP contribution in [-0.4, -0.2) is 6.15 Å². The maximum atomic E-state index is 15.4. The standard InChI is InChI=1S/C28H27S2.C24BF20/c1-20-10-12-22(3)27(18-20)30(28-19-21(2)11-13-23(28)4)26-16-14-25(15-17-26)29-24-8-6-5-7-9-24;26-5-1(6(27)14(35)21(42)13(5)34)25(2-7(28)15(36)22(43)16(37)8(2)29,3-9(30)17(38)23(44)18(39)10(3)31)4-11(32)19(40)24(45)20(41)12(4)33/h5-19H,1-4H3;/q+1;-1. The Morgan fingerprint density at radius 1 is 0.293 bits per heavy atom. The minimum absolute atomic E-state index is 0.122. The van der Waals surface area contributed by atoms with Crippen molar-refractivity contribution in [1.82, 2.24) is 0 Å². The Bertz CT molecular complexity index is 3140. The Morgan fingerprint density at radius 3 is 0.827 bits per heavy atom. The maximum Gasteiger partial charge on any atom is 0.200 e. The van der Waals surface area contributed by atoms with Crippen LogP contribution in [0, 0.1) is 144 Å². The number of halogens is 20. The van der Waals surface area contributed by atoms with E-state index in [1.54, 1.807) is 0 Å². The molecule has 8 aromatic rings. The van der Waals surface area contributed by atoms with Crippen LogP contribution in [0.5, 0.6) is 0 Å². The molecule has 0 bridgehead atoms. The van der Waals surface area contributed by atoms with Crippen LogP contribution < -0.4 is 21.9 Å². The van der Waals surface area contributed by atoms with Gasteiger partial charge in [0, 0.05) is 20.9 Å². The van der Waals surface area contributed by atoms with Crippen LogP contribution >= 0.6 is 11.8 Å². The van der Waals surface area contributed by atoms with E-state index < -0.39 is 144 Å². The Balaban J connectivity index is 0.000000236. The van der Waals surface area contributed by atoms with Crippen LogP contribution in [-0.2, 0) is 10.9 Å². The van der Waals surface area contributed by atoms with Gasteiger partial charge in [-0.3, -0.25) is 0 Å². The van der Waals surface area contributed by atoms with E-state index in [9.17, 15) is 52.7 Å². The largest absolute Gasteiger partial charge is 0.207 e. The van der Waals surface area contributed by atoms with Gasteiger partial charge in [-0.25, -0.2) is 87.8 Å². The molecule has 0 saturated carbocycles. The minimum Gasteiger partial charge on any atom is -0.207 e. The smallest absolute Gasteiger partial charge is 0.200 e. The fraction of sp³-hybridized carbons (Fsp3) is 0.0769. The molecule has 23 heteroatoms. The lowest BCUT2D eigenvalue weighted by Gasteiger charge is -2.44. The zero-order valence-corrected chi connectivity index (χ0v) is 39.7. The molecule has 0 fully saturated rings. The van der Waals surface area contributed by atoms with Crippen molar-refractivity contribution >= 4 is 50.7 Å². The van der Waals surface area contributed by atoms with Gasteiger partial charge in [0.25, 0.3) is 0 Å². The number of aryl methyl sites for hydroxylation is 4. The average Bonchev–Trinajstić information content (AvgIpc) is 3.41. The first kappa shape index (κ1) is 55.9. The van der Waals surface area contributed by atoms with Gasteiger partial charge in [-0.15, -0.1) is 21.9 Å². The summed E-state index contributed by atoms with van der Waals surface area (Å²) >= 11 is 1.81. The Morgan fingerprint density at radius 2 is 0.547 bits per heavy atom. The minimum atomic E-state index is -7.22. The lowest BCUT2D eigenvalue weighted by Crippen LogP contribution is -2.81. The summed E-state index contributed by atoms with van der Waals surface area (Å²) in [7, 11) is -0.122. The van der Waals surface area contributed by atoms with Crippen molar-refractivity contribution in [3.05, 3.63) is 230 Å². The quantitative estimate of drug-likeness (QED) is 0.0456. The summed E-state index contributed by atoms with van der Waals surface area (Å²) in [5, 5.41) is 0. The number of rotatable bonds is 9. The molecule has 8 rings (SSSR count). The second-order valence-corrected chi connectivity index (χ2v) is 19.6. The second kappa shape index (κ2) is 21.4. The molecule has 0 atom stereocenters. The molecule has 8 aromatic carbocycles. The lowest BCUT2D eigenvalue weighted by atomic mass is 9.12. The average molecular weight is 1110 g/mol. The predicted molar refractivity (Wildman–Crippen MR) is 240 cm³/mol. The highest BCUT2D eigenvalue weighted by Crippen LogP contribution is 2.38. The zero-order chi connectivity index (χ0) is 55.4. The number of hydrogen-bond donors (Lipinski definition) is 0. The molecule has 0 radical (unpaired) electrons. The van der Waals surface area contributed by atoms with Crippen molar-refractivity contribution in [2.75, 3.05) is 0 Å². The van der Waals surface area contributed by atoms with Crippen molar-refractivity contribution in [1.29, 1.82) is 0 Å². The van der Waals surface area contributed by atoms with E-state index in [0.29, 0.717) is 0 Å². The molecular formula is C52H27BF20S2. The van der Waals surface area contributed by atoms with E-state index in [0.717, 1.165) is 0 Å². The highest BCUT2D eigenvalue weighted by atomic mass is 32.2. The molecule has 0 nitrogen and oxygen atoms in total. The summed E-state index contributed by atoms with van der Waals surface area (Å²) in [4.78, 5) is 6.76. The van der Waals surface area contributed by atoms with Gasteiger partial charge in [0.05, 0.1) is 10.9 Å². The van der Waals surface area contributed by atoms with Gasteiger partial charge in [-0.1, -0.05) is 54.2 Å². The molecule has 0 heterocycles. The maximum absolute atomic E-state index is 15.4. The Labute approximate surface area is 418 Å². The Hall–Kier alpha value is -6.88. The summed E-state index contributed by atoms with van der Waals surface area (Å²) in [6.07, 6.45) is -7.22. The van der Waals surface area contributed by atoms with Gasteiger partial charge in [0.2, 0.25) is 0 Å². The van der Waals surface area contributed by atoms with Crippen molar-refractivity contribution in [2.45, 2.75) is 52.2 Å². The van der Waals surface area contributed by atoms with E-state index >= 15 is 35.1 Å². The third kappa shape index (κ3) is 9.50. The van der Waals surface area contributed by atoms with E-state index in [1.165, 1.54) is 46.7 Å². The van der Waals surface area contributed by atoms with Crippen molar-refractivity contribution in [3.8, 4) is 0 Å². The molecule has 390 valence electrons. The first-order valence-electron chi connectivity index (χ1n) is 21.2. The third-order valence-corrected chi connectivity index (χ3v) is 15.4. The van der Waals surface area contributed by atoms with Gasteiger partial charge in [-0.2, -0.15) is 0 Å². The molecule has 0 aliphatic rings. The van der Waals surface area contributed by atoms with Gasteiger partial charge in [0.15, 0.2) is 84.5 Å². The summed E-state index contributed by atoms with van der Waals surface area (Å²) in [6.45, 7) is 8.85. The van der Waals surface area contributed by atoms with Crippen molar-refractivity contribution in [3.63, 3.8) is 0 Å². The van der Waals surface area contributed by atoms with Crippen LogP contribution in [0.1, 0.15) is 22.3 Å². The van der Waals surface area contributed by atoms with Crippen LogP contribution in [0.4, 0.5) is 87.8 Å². The molecule has 0 saturated heterocycles. The first-order valence-corrected chi connectivity index (χ1v) is 23.2. The fourth-order valence-electron chi connectivity index (χ4n) is 8.37. The van der Waals surface area contributed by atoms with Gasteiger partial charge in [0.1, 0.15) is 52.7 Å². The third-order valence-electron chi connectivity index (χ3n) is 11.9. The molecule has 0 unspecified atom stereocenters. The first-order chi connectivity index (χ1) is 35.2. The number of benzene rings is 8. The van der Waals surface area contributed by atoms with E-state index in [-0.39, 0.29) is 10.9 Å². The predicted octanol–water partition coefficient (Wildman–Crippen LogP) is 14.0. The van der Waals surface area contributed by atoms with E-state index in [4.69, 9.17) is 0 Å². The van der Waals surface area contributed by atoms with Gasteiger partial charge >= 0.3 is 0 Å². The van der Waals surface area contributed by atoms with Gasteiger partial charge in [-0.05, 0) is 87.4 Å². The summed E-state index contributed by atoms with van der Waals surface area (Å²) in [6, 6.07) is 33.4. The van der Waals surface area contributed by atoms with E-state index in [1.807, 2.05) is 11.8 Å². The summed E-state index contributed by atoms with van der Waals surface area (Å²) in [5.41, 5.74) is -8.99. The highest BCUT2D eigenvalue weighted by Gasteiger charge is 2.52.